The predicted octanol–water partition coefficient (Wildman–Crippen LogP) is -6.62. The summed E-state index contributed by atoms with van der Waals surface area (Å²) in [5.41, 5.74) is -0.381. The summed E-state index contributed by atoms with van der Waals surface area (Å²) >= 11 is 0. The average Bonchev–Trinajstić information content (AvgIpc) is 2.57. The molecule has 1 N–H and O–H groups in total. The van der Waals surface area contributed by atoms with Crippen molar-refractivity contribution in [3.63, 3.8) is 0 Å². The predicted molar refractivity (Wildman–Crippen MR) is 52.0 cm³/mol. The maximum atomic E-state index is 10.9. The van der Waals surface area contributed by atoms with Gasteiger partial charge in [0.15, 0.2) is 10.1 Å². The Morgan fingerprint density at radius 1 is 1.00 bits per heavy atom. The van der Waals surface area contributed by atoms with E-state index in [2.05, 4.69) is 9.97 Å². The third-order valence-electron chi connectivity index (χ3n) is 1.96. The molecular formula is C7H4Li2N2O6S2. The van der Waals surface area contributed by atoms with Gasteiger partial charge in [0.2, 0.25) is 5.16 Å². The Balaban J connectivity index is 0.00000162. The largest absolute Gasteiger partial charge is 1.00 e. The zero-order valence-corrected chi connectivity index (χ0v) is 11.6. The minimum atomic E-state index is -4.84. The molecule has 0 fully saturated rings. The van der Waals surface area contributed by atoms with Crippen molar-refractivity contribution in [2.45, 2.75) is 10.1 Å². The second-order valence-corrected chi connectivity index (χ2v) is 5.75. The van der Waals surface area contributed by atoms with Gasteiger partial charge in [0, 0.05) is 0 Å². The van der Waals surface area contributed by atoms with Crippen LogP contribution in [-0.4, -0.2) is 35.9 Å². The first-order valence-electron chi connectivity index (χ1n) is 4.10. The molecule has 0 radical (unpaired) electrons. The van der Waals surface area contributed by atoms with Gasteiger partial charge in [0.1, 0.15) is 15.6 Å². The van der Waals surface area contributed by atoms with Gasteiger partial charge in [0.25, 0.3) is 0 Å². The Labute approximate surface area is 132 Å². The molecule has 0 atom stereocenters. The fourth-order valence-electron chi connectivity index (χ4n) is 1.30. The number of nitrogens with zero attached hydrogens (tertiary/aromatic N) is 1. The minimum Gasteiger partial charge on any atom is -0.744 e. The fraction of sp³-hybridized carbons (Fsp3) is 0. The van der Waals surface area contributed by atoms with Crippen LogP contribution in [0.25, 0.3) is 11.0 Å². The van der Waals surface area contributed by atoms with Gasteiger partial charge in [-0.2, -0.15) is 0 Å². The van der Waals surface area contributed by atoms with Gasteiger partial charge in [-0.1, -0.05) is 6.07 Å². The van der Waals surface area contributed by atoms with E-state index in [1.54, 1.807) is 0 Å². The van der Waals surface area contributed by atoms with Crippen LogP contribution < -0.4 is 37.7 Å². The van der Waals surface area contributed by atoms with Crippen LogP contribution in [0.2, 0.25) is 0 Å². The van der Waals surface area contributed by atoms with E-state index in [1.807, 2.05) is 0 Å². The Morgan fingerprint density at radius 3 is 2.05 bits per heavy atom. The van der Waals surface area contributed by atoms with Crippen LogP contribution in [-0.2, 0) is 20.2 Å². The third-order valence-corrected chi connectivity index (χ3v) is 3.50. The van der Waals surface area contributed by atoms with E-state index in [4.69, 9.17) is 0 Å². The second kappa shape index (κ2) is 6.00. The van der Waals surface area contributed by atoms with Crippen molar-refractivity contribution in [3.8, 4) is 0 Å². The van der Waals surface area contributed by atoms with E-state index in [0.29, 0.717) is 0 Å². The number of imidazole rings is 1. The van der Waals surface area contributed by atoms with Crippen LogP contribution in [0, 0.1) is 0 Å². The normalized spacial score (nSPS) is 11.7. The molecule has 19 heavy (non-hydrogen) atoms. The van der Waals surface area contributed by atoms with E-state index in [0.717, 1.165) is 6.07 Å². The van der Waals surface area contributed by atoms with Crippen molar-refractivity contribution >= 4 is 31.3 Å². The summed E-state index contributed by atoms with van der Waals surface area (Å²) in [5.74, 6) is 0. The number of hydrogen-bond acceptors (Lipinski definition) is 7. The van der Waals surface area contributed by atoms with Crippen molar-refractivity contribution in [2.24, 2.45) is 0 Å². The summed E-state index contributed by atoms with van der Waals surface area (Å²) in [7, 11) is -9.63. The molecule has 8 nitrogen and oxygen atoms in total. The number of rotatable bonds is 2. The third kappa shape index (κ3) is 3.84. The zero-order chi connectivity index (χ0) is 12.8. The van der Waals surface area contributed by atoms with Crippen molar-refractivity contribution in [1.29, 1.82) is 0 Å². The summed E-state index contributed by atoms with van der Waals surface area (Å²) in [6.45, 7) is 0. The van der Waals surface area contributed by atoms with Gasteiger partial charge in [-0.05, 0) is 12.1 Å². The Bertz CT molecular complexity index is 798. The molecule has 0 spiro atoms. The molecule has 1 aromatic carbocycles. The maximum Gasteiger partial charge on any atom is 1.00 e. The molecule has 0 unspecified atom stereocenters. The smallest absolute Gasteiger partial charge is 0.744 e. The molecule has 0 aliphatic rings. The van der Waals surface area contributed by atoms with Crippen LogP contribution in [0.15, 0.2) is 28.3 Å². The maximum absolute atomic E-state index is 10.9. The molecule has 0 amide bonds. The molecule has 12 heteroatoms. The Hall–Kier alpha value is -0.295. The number of para-hydroxylation sites is 1. The first-order chi connectivity index (χ1) is 7.69. The molecule has 0 saturated carbocycles. The topological polar surface area (TPSA) is 143 Å². The summed E-state index contributed by atoms with van der Waals surface area (Å²) in [4.78, 5) is 4.77. The van der Waals surface area contributed by atoms with Crippen LogP contribution in [0.3, 0.4) is 0 Å². The molecule has 1 heterocycles. The SMILES string of the molecule is O=S(=O)([O-])c1nc2c(S(=O)(=O)[O-])cccc2[nH]1.[Li+].[Li+]. The average molecular weight is 290 g/mol. The number of hydrogen-bond donors (Lipinski definition) is 1. The Morgan fingerprint density at radius 2 is 1.58 bits per heavy atom. The van der Waals surface area contributed by atoms with Crippen LogP contribution >= 0.6 is 0 Å². The fourth-order valence-corrected chi connectivity index (χ4v) is 2.38. The molecular weight excluding hydrogens is 286 g/mol. The van der Waals surface area contributed by atoms with Gasteiger partial charge in [0.05, 0.1) is 10.4 Å². The van der Waals surface area contributed by atoms with E-state index >= 15 is 0 Å². The van der Waals surface area contributed by atoms with Crippen molar-refractivity contribution < 1.29 is 63.7 Å². The summed E-state index contributed by atoms with van der Waals surface area (Å²) in [6, 6.07) is 3.50. The molecule has 92 valence electrons. The van der Waals surface area contributed by atoms with E-state index < -0.39 is 30.3 Å². The number of aromatic nitrogens is 2. The molecule has 1 aromatic heterocycles. The zero-order valence-electron chi connectivity index (χ0n) is 9.95. The number of H-pyrrole nitrogens is 1. The molecule has 2 aromatic rings. The van der Waals surface area contributed by atoms with Gasteiger partial charge in [-0.3, -0.25) is 0 Å². The first-order valence-corrected chi connectivity index (χ1v) is 6.92. The van der Waals surface area contributed by atoms with E-state index in [-0.39, 0.29) is 48.8 Å². The summed E-state index contributed by atoms with van der Waals surface area (Å²) in [5, 5.41) is -0.927. The van der Waals surface area contributed by atoms with Crippen LogP contribution in [0.1, 0.15) is 0 Å². The van der Waals surface area contributed by atoms with Gasteiger partial charge in [-0.15, -0.1) is 0 Å². The molecule has 2 rings (SSSR count). The van der Waals surface area contributed by atoms with Crippen LogP contribution in [0.4, 0.5) is 0 Å². The quantitative estimate of drug-likeness (QED) is 0.427. The second-order valence-electron chi connectivity index (χ2n) is 3.10. The summed E-state index contributed by atoms with van der Waals surface area (Å²) < 4.78 is 64.7. The standard InChI is InChI=1S/C7H6N2O6S2.2Li/c10-16(11,12)5-3-1-2-4-6(5)9-7(8-4)17(13,14)15;;/h1-3H,(H,8,9)(H,10,11,12)(H,13,14,15);;/q;2*+1/p-2. The molecule has 0 aliphatic heterocycles. The van der Waals surface area contributed by atoms with Crippen molar-refractivity contribution in [2.75, 3.05) is 0 Å². The van der Waals surface area contributed by atoms with Crippen LogP contribution in [0.5, 0.6) is 0 Å². The Kier molecular flexibility index (Phi) is 5.90. The van der Waals surface area contributed by atoms with Gasteiger partial charge in [-0.25, -0.2) is 21.8 Å². The minimum absolute atomic E-state index is 0. The number of nitrogens with one attached hydrogen (secondary N) is 1. The van der Waals surface area contributed by atoms with Gasteiger partial charge >= 0.3 is 37.7 Å². The number of fused-ring (bicyclic) bond motifs is 1. The number of benzene rings is 1. The molecule has 0 bridgehead atoms. The summed E-state index contributed by atoms with van der Waals surface area (Å²) in [6.07, 6.45) is 0. The molecule has 0 saturated heterocycles. The van der Waals surface area contributed by atoms with E-state index in [9.17, 15) is 25.9 Å². The van der Waals surface area contributed by atoms with Crippen molar-refractivity contribution in [3.05, 3.63) is 18.2 Å². The number of aromatic amines is 1. The monoisotopic (exact) mass is 290 g/mol. The first kappa shape index (κ1) is 18.7. The molecule has 0 aliphatic carbocycles. The van der Waals surface area contributed by atoms with Crippen molar-refractivity contribution in [1.82, 2.24) is 9.97 Å². The van der Waals surface area contributed by atoms with Gasteiger partial charge < -0.3 is 14.1 Å². The van der Waals surface area contributed by atoms with E-state index in [1.165, 1.54) is 12.1 Å².